The van der Waals surface area contributed by atoms with Crippen molar-refractivity contribution in [2.75, 3.05) is 33.2 Å². The summed E-state index contributed by atoms with van der Waals surface area (Å²) in [5.74, 6) is -0.117. The first-order valence-electron chi connectivity index (χ1n) is 5.76. The van der Waals surface area contributed by atoms with Crippen molar-refractivity contribution in [1.82, 2.24) is 15.3 Å². The molecule has 0 unspecified atom stereocenters. The summed E-state index contributed by atoms with van der Waals surface area (Å²) in [6.07, 6.45) is 0. The summed E-state index contributed by atoms with van der Waals surface area (Å²) in [4.78, 5) is 14.3. The van der Waals surface area contributed by atoms with Gasteiger partial charge in [-0.3, -0.25) is 10.2 Å². The smallest absolute Gasteiger partial charge is 0.265 e. The Morgan fingerprint density at radius 3 is 2.61 bits per heavy atom. The van der Waals surface area contributed by atoms with Crippen LogP contribution < -0.4 is 5.43 Å². The Balaban J connectivity index is 1.97. The Labute approximate surface area is 120 Å². The molecule has 1 fully saturated rings. The zero-order chi connectivity index (χ0) is 13.1. The molecule has 0 radical (unpaired) electrons. The van der Waals surface area contributed by atoms with E-state index in [2.05, 4.69) is 33.3 Å². The highest BCUT2D eigenvalue weighted by molar-refractivity contribution is 9.10. The van der Waals surface area contributed by atoms with E-state index in [-0.39, 0.29) is 5.91 Å². The number of halogens is 2. The minimum absolute atomic E-state index is 0.117. The Kier molecular flexibility index (Phi) is 4.61. The first-order valence-corrected chi connectivity index (χ1v) is 6.93. The van der Waals surface area contributed by atoms with Gasteiger partial charge in [-0.05, 0) is 41.2 Å². The number of nitrogens with one attached hydrogen (secondary N) is 1. The maximum atomic E-state index is 12.0. The Hall–Kier alpha value is -0.620. The van der Waals surface area contributed by atoms with Gasteiger partial charge in [0, 0.05) is 36.2 Å². The van der Waals surface area contributed by atoms with E-state index in [1.807, 2.05) is 5.01 Å². The topological polar surface area (TPSA) is 35.6 Å². The number of hydrogen-bond acceptors (Lipinski definition) is 3. The molecule has 0 saturated carbocycles. The minimum atomic E-state index is -0.117. The molecule has 1 aromatic carbocycles. The lowest BCUT2D eigenvalue weighted by Gasteiger charge is -2.32. The molecule has 0 bridgehead atoms. The van der Waals surface area contributed by atoms with Crippen LogP contribution in [0.4, 0.5) is 0 Å². The number of hydrogen-bond donors (Lipinski definition) is 1. The van der Waals surface area contributed by atoms with E-state index in [9.17, 15) is 4.79 Å². The number of carbonyl (C=O) groups excluding carboxylic acids is 1. The van der Waals surface area contributed by atoms with Crippen molar-refractivity contribution in [1.29, 1.82) is 0 Å². The number of hydrazine groups is 1. The van der Waals surface area contributed by atoms with Crippen molar-refractivity contribution in [3.63, 3.8) is 0 Å². The lowest BCUT2D eigenvalue weighted by molar-refractivity contribution is 0.0662. The van der Waals surface area contributed by atoms with Crippen LogP contribution in [-0.2, 0) is 0 Å². The molecule has 0 aromatic heterocycles. The van der Waals surface area contributed by atoms with E-state index < -0.39 is 0 Å². The van der Waals surface area contributed by atoms with Crippen LogP contribution in [0.5, 0.6) is 0 Å². The molecule has 0 spiro atoms. The average Bonchev–Trinajstić information content (AvgIpc) is 2.35. The summed E-state index contributed by atoms with van der Waals surface area (Å²) < 4.78 is 0.792. The molecule has 1 amide bonds. The second kappa shape index (κ2) is 6.02. The fourth-order valence-corrected chi connectivity index (χ4v) is 2.19. The SMILES string of the molecule is CN1CCN(NC(=O)c2ccc(Br)c(Cl)c2)CC1. The van der Waals surface area contributed by atoms with Gasteiger partial charge in [0.25, 0.3) is 5.91 Å². The van der Waals surface area contributed by atoms with Crippen LogP contribution in [0.1, 0.15) is 10.4 Å². The maximum absolute atomic E-state index is 12.0. The lowest BCUT2D eigenvalue weighted by atomic mass is 10.2. The number of piperazine rings is 1. The molecule has 4 nitrogen and oxygen atoms in total. The largest absolute Gasteiger partial charge is 0.304 e. The van der Waals surface area contributed by atoms with Gasteiger partial charge in [0.1, 0.15) is 0 Å². The standard InChI is InChI=1S/C12H15BrClN3O/c1-16-4-6-17(7-5-16)15-12(18)9-2-3-10(13)11(14)8-9/h2-3,8H,4-7H2,1H3,(H,15,18). The lowest BCUT2D eigenvalue weighted by Crippen LogP contribution is -2.52. The Morgan fingerprint density at radius 2 is 2.00 bits per heavy atom. The van der Waals surface area contributed by atoms with Crippen molar-refractivity contribution >= 4 is 33.4 Å². The quantitative estimate of drug-likeness (QED) is 0.900. The van der Waals surface area contributed by atoms with E-state index in [1.165, 1.54) is 0 Å². The number of carbonyl (C=O) groups is 1. The molecular weight excluding hydrogens is 318 g/mol. The van der Waals surface area contributed by atoms with E-state index in [4.69, 9.17) is 11.6 Å². The third-order valence-corrected chi connectivity index (χ3v) is 4.18. The maximum Gasteiger partial charge on any atom is 0.265 e. The molecule has 0 atom stereocenters. The van der Waals surface area contributed by atoms with E-state index in [0.717, 1.165) is 30.7 Å². The zero-order valence-electron chi connectivity index (χ0n) is 10.1. The second-order valence-corrected chi connectivity index (χ2v) is 5.62. The van der Waals surface area contributed by atoms with Gasteiger partial charge < -0.3 is 4.90 Å². The monoisotopic (exact) mass is 331 g/mol. The molecule has 1 saturated heterocycles. The second-order valence-electron chi connectivity index (χ2n) is 4.36. The van der Waals surface area contributed by atoms with Gasteiger partial charge in [0.05, 0.1) is 5.02 Å². The molecule has 2 rings (SSSR count). The summed E-state index contributed by atoms with van der Waals surface area (Å²) in [5, 5.41) is 2.49. The summed E-state index contributed by atoms with van der Waals surface area (Å²) in [7, 11) is 2.08. The Bertz CT molecular complexity index is 447. The van der Waals surface area contributed by atoms with Gasteiger partial charge in [0.2, 0.25) is 0 Å². The molecule has 18 heavy (non-hydrogen) atoms. The zero-order valence-corrected chi connectivity index (χ0v) is 12.5. The summed E-state index contributed by atoms with van der Waals surface area (Å²) >= 11 is 9.28. The van der Waals surface area contributed by atoms with Crippen LogP contribution in [0.15, 0.2) is 22.7 Å². The van der Waals surface area contributed by atoms with Crippen molar-refractivity contribution in [3.8, 4) is 0 Å². The molecule has 1 aliphatic heterocycles. The summed E-state index contributed by atoms with van der Waals surface area (Å²) in [5.41, 5.74) is 3.47. The predicted octanol–water partition coefficient (Wildman–Crippen LogP) is 1.99. The minimum Gasteiger partial charge on any atom is -0.304 e. The van der Waals surface area contributed by atoms with Crippen molar-refractivity contribution < 1.29 is 4.79 Å². The normalized spacial score (nSPS) is 17.7. The van der Waals surface area contributed by atoms with Crippen LogP contribution in [0, 0.1) is 0 Å². The highest BCUT2D eigenvalue weighted by Crippen LogP contribution is 2.23. The molecule has 1 aromatic rings. The first-order chi connectivity index (χ1) is 8.56. The van der Waals surface area contributed by atoms with Crippen LogP contribution >= 0.6 is 27.5 Å². The first kappa shape index (κ1) is 13.8. The highest BCUT2D eigenvalue weighted by Gasteiger charge is 2.16. The molecule has 98 valence electrons. The fourth-order valence-electron chi connectivity index (χ4n) is 1.76. The number of rotatable bonds is 2. The number of amides is 1. The molecule has 1 aliphatic rings. The third-order valence-electron chi connectivity index (χ3n) is 2.94. The van der Waals surface area contributed by atoms with Crippen LogP contribution in [0.25, 0.3) is 0 Å². The van der Waals surface area contributed by atoms with Crippen molar-refractivity contribution in [2.24, 2.45) is 0 Å². The Morgan fingerprint density at radius 1 is 1.33 bits per heavy atom. The summed E-state index contributed by atoms with van der Waals surface area (Å²) in [6.45, 7) is 3.60. The van der Waals surface area contributed by atoms with E-state index >= 15 is 0 Å². The number of nitrogens with zero attached hydrogens (tertiary/aromatic N) is 2. The van der Waals surface area contributed by atoms with Gasteiger partial charge in [-0.25, -0.2) is 5.01 Å². The van der Waals surface area contributed by atoms with Crippen LogP contribution in [-0.4, -0.2) is 49.0 Å². The van der Waals surface area contributed by atoms with E-state index in [0.29, 0.717) is 10.6 Å². The predicted molar refractivity (Wildman–Crippen MR) is 75.7 cm³/mol. The molecule has 1 heterocycles. The fraction of sp³-hybridized carbons (Fsp3) is 0.417. The third kappa shape index (κ3) is 3.45. The van der Waals surface area contributed by atoms with Gasteiger partial charge in [-0.1, -0.05) is 11.6 Å². The van der Waals surface area contributed by atoms with E-state index in [1.54, 1.807) is 18.2 Å². The van der Waals surface area contributed by atoms with Gasteiger partial charge >= 0.3 is 0 Å². The highest BCUT2D eigenvalue weighted by atomic mass is 79.9. The summed E-state index contributed by atoms with van der Waals surface area (Å²) in [6, 6.07) is 5.19. The molecule has 6 heteroatoms. The van der Waals surface area contributed by atoms with Gasteiger partial charge in [-0.2, -0.15) is 0 Å². The van der Waals surface area contributed by atoms with Crippen LogP contribution in [0.2, 0.25) is 5.02 Å². The average molecular weight is 333 g/mol. The molecule has 0 aliphatic carbocycles. The van der Waals surface area contributed by atoms with Crippen molar-refractivity contribution in [2.45, 2.75) is 0 Å². The van der Waals surface area contributed by atoms with Gasteiger partial charge in [0.15, 0.2) is 0 Å². The number of benzene rings is 1. The van der Waals surface area contributed by atoms with Gasteiger partial charge in [-0.15, -0.1) is 0 Å². The number of likely N-dealkylation sites (N-methyl/N-ethyl adjacent to an activating group) is 1. The van der Waals surface area contributed by atoms with Crippen molar-refractivity contribution in [3.05, 3.63) is 33.3 Å². The molecular formula is C12H15BrClN3O. The molecule has 1 N–H and O–H groups in total. The van der Waals surface area contributed by atoms with Crippen LogP contribution in [0.3, 0.4) is 0 Å².